The Morgan fingerprint density at radius 1 is 1.09 bits per heavy atom. The normalized spacial score (nSPS) is 13.9. The second kappa shape index (κ2) is 12.4. The molecule has 0 aliphatic rings. The average Bonchev–Trinajstić information content (AvgIpc) is 2.73. The van der Waals surface area contributed by atoms with Gasteiger partial charge in [0.15, 0.2) is 0 Å². The molecule has 9 heteroatoms. The summed E-state index contributed by atoms with van der Waals surface area (Å²) in [4.78, 5) is 13.5. The molecule has 0 bridgehead atoms. The zero-order valence-electron chi connectivity index (χ0n) is 20.5. The maximum Gasteiger partial charge on any atom is 0.416 e. The molecule has 194 valence electrons. The summed E-state index contributed by atoms with van der Waals surface area (Å²) in [5, 5.41) is 13.5. The van der Waals surface area contributed by atoms with Crippen LogP contribution in [0.3, 0.4) is 0 Å². The van der Waals surface area contributed by atoms with E-state index < -0.39 is 29.0 Å². The topological polar surface area (TPSA) is 58.6 Å². The number of amides is 1. The number of halogens is 4. The monoisotopic (exact) mass is 531 g/mol. The highest BCUT2D eigenvalue weighted by atomic mass is 35.5. The maximum atomic E-state index is 13.0. The predicted molar refractivity (Wildman–Crippen MR) is 134 cm³/mol. The second-order valence-corrected chi connectivity index (χ2v) is 11.1. The van der Waals surface area contributed by atoms with Crippen molar-refractivity contribution in [1.29, 1.82) is 0 Å². The van der Waals surface area contributed by atoms with Gasteiger partial charge in [0.05, 0.1) is 17.7 Å². The van der Waals surface area contributed by atoms with E-state index in [0.717, 1.165) is 29.0 Å². The number of rotatable bonds is 10. The van der Waals surface area contributed by atoms with E-state index in [2.05, 4.69) is 5.32 Å². The average molecular weight is 532 g/mol. The van der Waals surface area contributed by atoms with Crippen molar-refractivity contribution in [2.24, 2.45) is 0 Å². The molecule has 2 aromatic carbocycles. The van der Waals surface area contributed by atoms with Gasteiger partial charge in [-0.3, -0.25) is 0 Å². The Morgan fingerprint density at radius 2 is 1.77 bits per heavy atom. The fraction of sp³-hybridized carbons (Fsp3) is 0.500. The van der Waals surface area contributed by atoms with Crippen molar-refractivity contribution in [2.75, 3.05) is 6.61 Å². The number of benzene rings is 2. The van der Waals surface area contributed by atoms with E-state index in [1.165, 1.54) is 17.8 Å². The number of ether oxygens (including phenoxy) is 1. The Morgan fingerprint density at radius 3 is 2.34 bits per heavy atom. The fourth-order valence-corrected chi connectivity index (χ4v) is 4.99. The number of carbonyl (C=O) groups excluding carboxylic acids is 1. The predicted octanol–water partition coefficient (Wildman–Crippen LogP) is 7.89. The van der Waals surface area contributed by atoms with Crippen LogP contribution < -0.4 is 5.32 Å². The molecule has 0 aliphatic heterocycles. The van der Waals surface area contributed by atoms with Crippen LogP contribution in [-0.2, 0) is 17.3 Å². The number of carbonyl (C=O) groups is 1. The standard InChI is InChI=1S/C26H33ClF3NO3S/c1-5-13-25(17-32,31-23(33)34-24(2,3)4)14-7-8-18-11-12-21(16-22(18)27)35-20-10-6-9-19(15-20)26(28,29)30/h6,9-12,15-16,32H,5,7-8,13-14,17H2,1-4H3,(H,31,33). The molecule has 4 nitrogen and oxygen atoms in total. The molecule has 2 aromatic rings. The molecular formula is C26H33ClF3NO3S. The molecule has 0 heterocycles. The molecule has 0 aromatic heterocycles. The second-order valence-electron chi connectivity index (χ2n) is 9.55. The summed E-state index contributed by atoms with van der Waals surface area (Å²) in [6, 6.07) is 10.6. The van der Waals surface area contributed by atoms with E-state index >= 15 is 0 Å². The summed E-state index contributed by atoms with van der Waals surface area (Å²) in [5.74, 6) is 0. The molecule has 0 aliphatic carbocycles. The third kappa shape index (κ3) is 9.58. The van der Waals surface area contributed by atoms with E-state index in [9.17, 15) is 23.1 Å². The van der Waals surface area contributed by atoms with Gasteiger partial charge in [-0.05, 0) is 82.3 Å². The minimum Gasteiger partial charge on any atom is -0.444 e. The van der Waals surface area contributed by atoms with E-state index in [0.29, 0.717) is 35.6 Å². The summed E-state index contributed by atoms with van der Waals surface area (Å²) in [7, 11) is 0. The molecule has 0 spiro atoms. The molecular weight excluding hydrogens is 499 g/mol. The highest BCUT2D eigenvalue weighted by molar-refractivity contribution is 7.99. The smallest absolute Gasteiger partial charge is 0.416 e. The SMILES string of the molecule is CCCC(CO)(CCCc1ccc(Sc2cccc(C(F)(F)F)c2)cc1Cl)NC(=O)OC(C)(C)C. The third-order valence-corrected chi connectivity index (χ3v) is 6.65. The lowest BCUT2D eigenvalue weighted by atomic mass is 9.88. The minimum absolute atomic E-state index is 0.208. The molecule has 2 N–H and O–H groups in total. The van der Waals surface area contributed by atoms with E-state index in [1.54, 1.807) is 32.9 Å². The summed E-state index contributed by atoms with van der Waals surface area (Å²) < 4.78 is 44.3. The number of alkyl carbamates (subject to hydrolysis) is 1. The zero-order valence-corrected chi connectivity index (χ0v) is 22.0. The summed E-state index contributed by atoms with van der Waals surface area (Å²) in [5.41, 5.74) is -1.23. The van der Waals surface area contributed by atoms with Crippen molar-refractivity contribution >= 4 is 29.5 Å². The number of hydrogen-bond acceptors (Lipinski definition) is 4. The maximum absolute atomic E-state index is 13.0. The van der Waals surface area contributed by atoms with Gasteiger partial charge in [0.1, 0.15) is 5.60 Å². The lowest BCUT2D eigenvalue weighted by Gasteiger charge is -2.34. The Hall–Kier alpha value is -1.90. The van der Waals surface area contributed by atoms with Gasteiger partial charge in [0.25, 0.3) is 0 Å². The van der Waals surface area contributed by atoms with Crippen LogP contribution in [0.5, 0.6) is 0 Å². The van der Waals surface area contributed by atoms with E-state index in [-0.39, 0.29) is 6.61 Å². The largest absolute Gasteiger partial charge is 0.444 e. The van der Waals surface area contributed by atoms with Crippen LogP contribution in [0.25, 0.3) is 0 Å². The first-order valence-corrected chi connectivity index (χ1v) is 12.7. The third-order valence-electron chi connectivity index (χ3n) is 5.32. The lowest BCUT2D eigenvalue weighted by molar-refractivity contribution is -0.137. The summed E-state index contributed by atoms with van der Waals surface area (Å²) in [6.45, 7) is 7.12. The molecule has 1 amide bonds. The van der Waals surface area contributed by atoms with Crippen LogP contribution in [0.2, 0.25) is 5.02 Å². The van der Waals surface area contributed by atoms with E-state index in [4.69, 9.17) is 16.3 Å². The van der Waals surface area contributed by atoms with Gasteiger partial charge in [-0.1, -0.05) is 48.8 Å². The zero-order chi connectivity index (χ0) is 26.3. The highest BCUT2D eigenvalue weighted by Crippen LogP contribution is 2.36. The van der Waals surface area contributed by atoms with Crippen LogP contribution in [0, 0.1) is 0 Å². The van der Waals surface area contributed by atoms with Gasteiger partial charge >= 0.3 is 12.3 Å². The molecule has 1 atom stereocenters. The van der Waals surface area contributed by atoms with Crippen LogP contribution in [0.1, 0.15) is 64.5 Å². The summed E-state index contributed by atoms with van der Waals surface area (Å²) in [6.07, 6.45) is -1.76. The van der Waals surface area contributed by atoms with Gasteiger partial charge in [0.2, 0.25) is 0 Å². The van der Waals surface area contributed by atoms with Crippen molar-refractivity contribution in [2.45, 2.75) is 86.9 Å². The first kappa shape index (κ1) is 29.3. The number of hydrogen-bond donors (Lipinski definition) is 2. The molecule has 2 rings (SSSR count). The molecule has 35 heavy (non-hydrogen) atoms. The van der Waals surface area contributed by atoms with Crippen LogP contribution in [0.15, 0.2) is 52.3 Å². The number of aliphatic hydroxyl groups is 1. The number of aliphatic hydroxyl groups excluding tert-OH is 1. The number of aryl methyl sites for hydroxylation is 1. The van der Waals surface area contributed by atoms with Crippen LogP contribution in [-0.4, -0.2) is 28.9 Å². The molecule has 0 saturated heterocycles. The highest BCUT2D eigenvalue weighted by Gasteiger charge is 2.32. The van der Waals surface area contributed by atoms with Gasteiger partial charge in [-0.2, -0.15) is 13.2 Å². The van der Waals surface area contributed by atoms with Gasteiger partial charge in [0, 0.05) is 14.8 Å². The minimum atomic E-state index is -4.39. The van der Waals surface area contributed by atoms with Gasteiger partial charge in [-0.25, -0.2) is 4.79 Å². The first-order valence-electron chi connectivity index (χ1n) is 11.5. The van der Waals surface area contributed by atoms with Crippen molar-refractivity contribution in [3.63, 3.8) is 0 Å². The lowest BCUT2D eigenvalue weighted by Crippen LogP contribution is -2.52. The number of alkyl halides is 3. The quantitative estimate of drug-likeness (QED) is 0.327. The van der Waals surface area contributed by atoms with Crippen molar-refractivity contribution in [1.82, 2.24) is 5.32 Å². The van der Waals surface area contributed by atoms with Crippen LogP contribution in [0.4, 0.5) is 18.0 Å². The Kier molecular flexibility index (Phi) is 10.4. The summed E-state index contributed by atoms with van der Waals surface area (Å²) >= 11 is 7.68. The Bertz CT molecular complexity index is 995. The number of nitrogens with one attached hydrogen (secondary N) is 1. The van der Waals surface area contributed by atoms with Crippen molar-refractivity contribution < 1.29 is 27.8 Å². The Balaban J connectivity index is 2.03. The first-order chi connectivity index (χ1) is 16.3. The van der Waals surface area contributed by atoms with Crippen molar-refractivity contribution in [3.05, 3.63) is 58.6 Å². The molecule has 0 saturated carbocycles. The van der Waals surface area contributed by atoms with Gasteiger partial charge < -0.3 is 15.2 Å². The van der Waals surface area contributed by atoms with Gasteiger partial charge in [-0.15, -0.1) is 0 Å². The molecule has 0 radical (unpaired) electrons. The molecule has 0 fully saturated rings. The molecule has 1 unspecified atom stereocenters. The van der Waals surface area contributed by atoms with Crippen molar-refractivity contribution in [3.8, 4) is 0 Å². The Labute approximate surface area is 214 Å². The fourth-order valence-electron chi connectivity index (χ4n) is 3.73. The van der Waals surface area contributed by atoms with Crippen LogP contribution >= 0.6 is 23.4 Å². The van der Waals surface area contributed by atoms with E-state index in [1.807, 2.05) is 19.1 Å².